The molecule has 0 amide bonds. The highest BCUT2D eigenvalue weighted by atomic mass is 16.7. The molecule has 1 saturated carbocycles. The quantitative estimate of drug-likeness (QED) is 0.741. The molecule has 0 radical (unpaired) electrons. The number of hydrogen-bond acceptors (Lipinski definition) is 4. The van der Waals surface area contributed by atoms with Crippen LogP contribution in [0, 0.1) is 5.92 Å². The number of rotatable bonds is 1. The summed E-state index contributed by atoms with van der Waals surface area (Å²) in [6.45, 7) is 6.20. The fourth-order valence-electron chi connectivity index (χ4n) is 3.58. The zero-order valence-electron chi connectivity index (χ0n) is 10.7. The van der Waals surface area contributed by atoms with Crippen molar-refractivity contribution >= 4 is 0 Å². The van der Waals surface area contributed by atoms with E-state index >= 15 is 0 Å². The number of nitrogens with zero attached hydrogens (tertiary/aromatic N) is 1. The third kappa shape index (κ3) is 2.24. The highest BCUT2D eigenvalue weighted by Gasteiger charge is 2.46. The molecule has 0 aromatic heterocycles. The first kappa shape index (κ1) is 11.9. The van der Waals surface area contributed by atoms with Crippen molar-refractivity contribution in [3.05, 3.63) is 0 Å². The van der Waals surface area contributed by atoms with E-state index in [-0.39, 0.29) is 5.79 Å². The van der Waals surface area contributed by atoms with E-state index in [9.17, 15) is 0 Å². The van der Waals surface area contributed by atoms with Crippen LogP contribution in [0.3, 0.4) is 0 Å². The largest absolute Gasteiger partial charge is 0.347 e. The van der Waals surface area contributed by atoms with Gasteiger partial charge in [0.2, 0.25) is 0 Å². The summed E-state index contributed by atoms with van der Waals surface area (Å²) in [5.74, 6) is 0.511. The second-order valence-electron chi connectivity index (χ2n) is 5.97. The van der Waals surface area contributed by atoms with E-state index in [1.165, 1.54) is 19.5 Å². The van der Waals surface area contributed by atoms with Crippen LogP contribution < -0.4 is 5.73 Å². The van der Waals surface area contributed by atoms with Crippen LogP contribution in [0.5, 0.6) is 0 Å². The Labute approximate surface area is 103 Å². The van der Waals surface area contributed by atoms with Crippen LogP contribution in [0.1, 0.15) is 32.6 Å². The van der Waals surface area contributed by atoms with Crippen LogP contribution in [-0.2, 0) is 9.47 Å². The van der Waals surface area contributed by atoms with Crippen LogP contribution in [0.4, 0.5) is 0 Å². The fraction of sp³-hybridized carbons (Fsp3) is 1.00. The van der Waals surface area contributed by atoms with E-state index in [4.69, 9.17) is 15.2 Å². The predicted octanol–water partition coefficient (Wildman–Crippen LogP) is 0.951. The maximum absolute atomic E-state index is 6.30. The summed E-state index contributed by atoms with van der Waals surface area (Å²) in [6.07, 6.45) is 4.25. The zero-order chi connectivity index (χ0) is 11.9. The number of hydrogen-bond donors (Lipinski definition) is 1. The summed E-state index contributed by atoms with van der Waals surface area (Å²) in [6, 6.07) is 0.741. The molecule has 2 N–H and O–H groups in total. The Kier molecular flexibility index (Phi) is 3.15. The Morgan fingerprint density at radius 1 is 1.24 bits per heavy atom. The van der Waals surface area contributed by atoms with Gasteiger partial charge in [-0.2, -0.15) is 0 Å². The van der Waals surface area contributed by atoms with Crippen LogP contribution in [0.25, 0.3) is 0 Å². The van der Waals surface area contributed by atoms with Crippen molar-refractivity contribution < 1.29 is 9.47 Å². The maximum Gasteiger partial charge on any atom is 0.170 e. The first-order valence-corrected chi connectivity index (χ1v) is 6.96. The Balaban J connectivity index is 1.69. The molecule has 4 heteroatoms. The molecule has 0 aromatic rings. The minimum Gasteiger partial charge on any atom is -0.347 e. The van der Waals surface area contributed by atoms with Crippen molar-refractivity contribution in [1.29, 1.82) is 0 Å². The van der Waals surface area contributed by atoms with Crippen molar-refractivity contribution in [1.82, 2.24) is 4.90 Å². The molecule has 2 saturated heterocycles. The van der Waals surface area contributed by atoms with E-state index in [2.05, 4.69) is 11.8 Å². The van der Waals surface area contributed by atoms with Crippen molar-refractivity contribution in [3.63, 3.8) is 0 Å². The van der Waals surface area contributed by atoms with Crippen molar-refractivity contribution in [3.8, 4) is 0 Å². The monoisotopic (exact) mass is 240 g/mol. The van der Waals surface area contributed by atoms with Crippen molar-refractivity contribution in [2.24, 2.45) is 11.7 Å². The first-order valence-electron chi connectivity index (χ1n) is 6.96. The summed E-state index contributed by atoms with van der Waals surface area (Å²) in [4.78, 5) is 2.56. The molecule has 0 aromatic carbocycles. The third-order valence-electron chi connectivity index (χ3n) is 4.61. The number of likely N-dealkylation sites (tertiary alicyclic amines) is 1. The topological polar surface area (TPSA) is 47.7 Å². The van der Waals surface area contributed by atoms with Gasteiger partial charge in [0.05, 0.1) is 13.2 Å². The molecule has 2 aliphatic heterocycles. The van der Waals surface area contributed by atoms with Gasteiger partial charge in [-0.05, 0) is 25.3 Å². The lowest BCUT2D eigenvalue weighted by atomic mass is 9.85. The molecule has 3 atom stereocenters. The standard InChI is InChI=1S/C13H24N2O2/c1-10-3-5-15(9-10)12-8-13(4-2-11(12)14)16-6-7-17-13/h10-12H,2-9,14H2,1H3. The number of nitrogens with two attached hydrogens (primary N) is 1. The molecular formula is C13H24N2O2. The Morgan fingerprint density at radius 2 is 2.00 bits per heavy atom. The Hall–Kier alpha value is -0.160. The van der Waals surface area contributed by atoms with Crippen LogP contribution in [0.15, 0.2) is 0 Å². The lowest BCUT2D eigenvalue weighted by Crippen LogP contribution is -2.55. The van der Waals surface area contributed by atoms with E-state index < -0.39 is 0 Å². The summed E-state index contributed by atoms with van der Waals surface area (Å²) in [7, 11) is 0. The normalized spacial score (nSPS) is 42.4. The molecule has 17 heavy (non-hydrogen) atoms. The molecule has 3 unspecified atom stereocenters. The molecule has 2 heterocycles. The molecule has 1 spiro atoms. The average Bonchev–Trinajstić information content (AvgIpc) is 2.92. The van der Waals surface area contributed by atoms with Crippen LogP contribution in [0.2, 0.25) is 0 Å². The van der Waals surface area contributed by atoms with Gasteiger partial charge in [-0.3, -0.25) is 4.90 Å². The molecule has 98 valence electrons. The van der Waals surface area contributed by atoms with Gasteiger partial charge < -0.3 is 15.2 Å². The molecule has 3 aliphatic rings. The molecule has 0 bridgehead atoms. The van der Waals surface area contributed by atoms with E-state index in [1.54, 1.807) is 0 Å². The predicted molar refractivity (Wildman–Crippen MR) is 65.6 cm³/mol. The number of ether oxygens (including phenoxy) is 2. The summed E-state index contributed by atoms with van der Waals surface area (Å²) >= 11 is 0. The van der Waals surface area contributed by atoms with Crippen molar-refractivity contribution in [2.75, 3.05) is 26.3 Å². The van der Waals surface area contributed by atoms with Crippen molar-refractivity contribution in [2.45, 2.75) is 50.5 Å². The molecule has 3 rings (SSSR count). The Bertz CT molecular complexity index is 279. The minimum absolute atomic E-state index is 0.290. The summed E-state index contributed by atoms with van der Waals surface area (Å²) < 4.78 is 11.7. The van der Waals surface area contributed by atoms with Gasteiger partial charge in [0.25, 0.3) is 0 Å². The summed E-state index contributed by atoms with van der Waals surface area (Å²) in [5.41, 5.74) is 6.30. The van der Waals surface area contributed by atoms with Gasteiger partial charge in [-0.15, -0.1) is 0 Å². The van der Waals surface area contributed by atoms with Gasteiger partial charge in [0, 0.05) is 31.5 Å². The third-order valence-corrected chi connectivity index (χ3v) is 4.61. The van der Waals surface area contributed by atoms with E-state index in [0.717, 1.165) is 38.4 Å². The second kappa shape index (κ2) is 4.50. The molecular weight excluding hydrogens is 216 g/mol. The highest BCUT2D eigenvalue weighted by Crippen LogP contribution is 2.38. The molecule has 4 nitrogen and oxygen atoms in total. The van der Waals surface area contributed by atoms with Gasteiger partial charge in [-0.25, -0.2) is 0 Å². The summed E-state index contributed by atoms with van der Waals surface area (Å²) in [5, 5.41) is 0. The smallest absolute Gasteiger partial charge is 0.170 e. The van der Waals surface area contributed by atoms with Crippen LogP contribution >= 0.6 is 0 Å². The Morgan fingerprint density at radius 3 is 2.65 bits per heavy atom. The molecule has 1 aliphatic carbocycles. The van der Waals surface area contributed by atoms with Gasteiger partial charge in [0.1, 0.15) is 0 Å². The lowest BCUT2D eigenvalue weighted by molar-refractivity contribution is -0.191. The second-order valence-corrected chi connectivity index (χ2v) is 5.97. The van der Waals surface area contributed by atoms with Gasteiger partial charge in [-0.1, -0.05) is 6.92 Å². The van der Waals surface area contributed by atoms with E-state index in [1.807, 2.05) is 0 Å². The van der Waals surface area contributed by atoms with Gasteiger partial charge in [0.15, 0.2) is 5.79 Å². The lowest BCUT2D eigenvalue weighted by Gasteiger charge is -2.43. The SMILES string of the molecule is CC1CCN(C2CC3(CCC2N)OCCO3)C1. The van der Waals surface area contributed by atoms with Crippen LogP contribution in [-0.4, -0.2) is 49.1 Å². The minimum atomic E-state index is -0.299. The first-order chi connectivity index (χ1) is 8.19. The average molecular weight is 240 g/mol. The molecule has 3 fully saturated rings. The van der Waals surface area contributed by atoms with E-state index in [0.29, 0.717) is 12.1 Å². The maximum atomic E-state index is 6.30. The fourth-order valence-corrected chi connectivity index (χ4v) is 3.58. The zero-order valence-corrected chi connectivity index (χ0v) is 10.7. The van der Waals surface area contributed by atoms with Gasteiger partial charge >= 0.3 is 0 Å². The highest BCUT2D eigenvalue weighted by molar-refractivity contribution is 4.96.